The minimum Gasteiger partial charge on any atom is -0.396 e. The quantitative estimate of drug-likeness (QED) is 0.802. The lowest BCUT2D eigenvalue weighted by atomic mass is 9.95. The average Bonchev–Trinajstić information content (AvgIpc) is 2.26. The van der Waals surface area contributed by atoms with Gasteiger partial charge in [-0.25, -0.2) is 0 Å². The fraction of sp³-hybridized carbons (Fsp3) is 0.917. The van der Waals surface area contributed by atoms with Gasteiger partial charge in [-0.1, -0.05) is 13.8 Å². The lowest BCUT2D eigenvalue weighted by Gasteiger charge is -2.32. The molecule has 0 saturated carbocycles. The minimum atomic E-state index is 0.243. The Kier molecular flexibility index (Phi) is 6.21. The van der Waals surface area contributed by atoms with Gasteiger partial charge in [0.15, 0.2) is 0 Å². The summed E-state index contributed by atoms with van der Waals surface area (Å²) in [5.74, 6) is 1.37. The zero-order chi connectivity index (χ0) is 12.0. The Hall–Kier alpha value is -0.220. The first-order valence-electron chi connectivity index (χ1n) is 6.13. The maximum atomic E-state index is 11.9. The highest BCUT2D eigenvalue weighted by Gasteiger charge is 2.23. The first kappa shape index (κ1) is 13.8. The third-order valence-electron chi connectivity index (χ3n) is 2.95. The summed E-state index contributed by atoms with van der Waals surface area (Å²) in [4.78, 5) is 13.9. The molecule has 1 aliphatic rings. The van der Waals surface area contributed by atoms with E-state index in [1.54, 1.807) is 11.8 Å². The van der Waals surface area contributed by atoms with Gasteiger partial charge in [-0.3, -0.25) is 4.79 Å². The van der Waals surface area contributed by atoms with Crippen LogP contribution in [0.25, 0.3) is 0 Å². The zero-order valence-corrected chi connectivity index (χ0v) is 11.1. The van der Waals surface area contributed by atoms with E-state index < -0.39 is 0 Å². The van der Waals surface area contributed by atoms with Crippen molar-refractivity contribution in [3.05, 3.63) is 0 Å². The maximum absolute atomic E-state index is 11.9. The van der Waals surface area contributed by atoms with Crippen molar-refractivity contribution in [2.45, 2.75) is 38.4 Å². The van der Waals surface area contributed by atoms with E-state index in [0.29, 0.717) is 16.9 Å². The van der Waals surface area contributed by atoms with E-state index >= 15 is 0 Å². The molecule has 94 valence electrons. The van der Waals surface area contributed by atoms with Crippen molar-refractivity contribution >= 4 is 17.7 Å². The number of amides is 1. The number of hydrogen-bond acceptors (Lipinski definition) is 3. The summed E-state index contributed by atoms with van der Waals surface area (Å²) in [5, 5.41) is 9.43. The molecule has 1 saturated heterocycles. The predicted octanol–water partition coefficient (Wildman–Crippen LogP) is 1.75. The highest BCUT2D eigenvalue weighted by molar-refractivity contribution is 8.00. The molecule has 4 heteroatoms. The topological polar surface area (TPSA) is 40.5 Å². The number of aliphatic hydroxyl groups excluding tert-OH is 1. The van der Waals surface area contributed by atoms with Gasteiger partial charge in [0, 0.05) is 19.7 Å². The van der Waals surface area contributed by atoms with E-state index in [-0.39, 0.29) is 12.5 Å². The Morgan fingerprint density at radius 1 is 1.56 bits per heavy atom. The maximum Gasteiger partial charge on any atom is 0.232 e. The van der Waals surface area contributed by atoms with E-state index in [9.17, 15) is 4.79 Å². The molecule has 16 heavy (non-hydrogen) atoms. The molecule has 1 amide bonds. The van der Waals surface area contributed by atoms with Crippen molar-refractivity contribution in [1.82, 2.24) is 4.90 Å². The Labute approximate surface area is 103 Å². The molecule has 1 rings (SSSR count). The van der Waals surface area contributed by atoms with Crippen molar-refractivity contribution in [2.24, 2.45) is 5.92 Å². The molecule has 0 radical (unpaired) electrons. The monoisotopic (exact) mass is 245 g/mol. The van der Waals surface area contributed by atoms with Gasteiger partial charge in [-0.05, 0) is 30.4 Å². The molecule has 1 aliphatic heterocycles. The average molecular weight is 245 g/mol. The number of carbonyl (C=O) groups excluding carboxylic acids is 1. The van der Waals surface area contributed by atoms with Crippen LogP contribution in [0.4, 0.5) is 0 Å². The minimum absolute atomic E-state index is 0.243. The fourth-order valence-electron chi connectivity index (χ4n) is 2.04. The number of likely N-dealkylation sites (tertiary alicyclic amines) is 1. The zero-order valence-electron chi connectivity index (χ0n) is 10.3. The number of aliphatic hydroxyl groups is 1. The number of piperidine rings is 1. The number of carbonyl (C=O) groups is 1. The van der Waals surface area contributed by atoms with Gasteiger partial charge in [-0.15, -0.1) is 11.8 Å². The molecule has 0 aromatic carbocycles. The van der Waals surface area contributed by atoms with Gasteiger partial charge in [-0.2, -0.15) is 0 Å². The summed E-state index contributed by atoms with van der Waals surface area (Å²) in [5.41, 5.74) is 0. The van der Waals surface area contributed by atoms with Crippen LogP contribution in [0.5, 0.6) is 0 Å². The number of thioether (sulfide) groups is 1. The van der Waals surface area contributed by atoms with E-state index in [1.807, 2.05) is 4.90 Å². The van der Waals surface area contributed by atoms with Crippen LogP contribution in [0.15, 0.2) is 0 Å². The molecular weight excluding hydrogens is 222 g/mol. The van der Waals surface area contributed by atoms with Crippen LogP contribution in [0.2, 0.25) is 0 Å². The van der Waals surface area contributed by atoms with Crippen LogP contribution in [0.3, 0.4) is 0 Å². The highest BCUT2D eigenvalue weighted by atomic mass is 32.2. The highest BCUT2D eigenvalue weighted by Crippen LogP contribution is 2.20. The van der Waals surface area contributed by atoms with Crippen molar-refractivity contribution in [3.8, 4) is 0 Å². The lowest BCUT2D eigenvalue weighted by Crippen LogP contribution is -2.41. The van der Waals surface area contributed by atoms with E-state index in [2.05, 4.69) is 13.8 Å². The van der Waals surface area contributed by atoms with Crippen LogP contribution in [0.1, 0.15) is 33.1 Å². The third kappa shape index (κ3) is 4.74. The second-order valence-electron chi connectivity index (χ2n) is 4.72. The van der Waals surface area contributed by atoms with Crippen molar-refractivity contribution in [1.29, 1.82) is 0 Å². The normalized spacial score (nSPS) is 21.5. The van der Waals surface area contributed by atoms with Crippen LogP contribution in [-0.4, -0.2) is 46.6 Å². The molecule has 0 spiro atoms. The molecular formula is C12H23NO2S. The third-order valence-corrected chi connectivity index (χ3v) is 4.03. The van der Waals surface area contributed by atoms with Gasteiger partial charge in [0.2, 0.25) is 5.91 Å². The first-order chi connectivity index (χ1) is 7.63. The molecule has 1 heterocycles. The second-order valence-corrected chi connectivity index (χ2v) is 6.28. The lowest BCUT2D eigenvalue weighted by molar-refractivity contribution is -0.130. The summed E-state index contributed by atoms with van der Waals surface area (Å²) in [6.45, 7) is 6.22. The van der Waals surface area contributed by atoms with Gasteiger partial charge in [0.05, 0.1) is 5.75 Å². The molecule has 0 aromatic heterocycles. The molecule has 0 aromatic rings. The summed E-state index contributed by atoms with van der Waals surface area (Å²) >= 11 is 1.71. The Morgan fingerprint density at radius 2 is 2.31 bits per heavy atom. The number of nitrogens with zero attached hydrogens (tertiary/aromatic N) is 1. The number of hydrogen-bond donors (Lipinski definition) is 1. The van der Waals surface area contributed by atoms with Gasteiger partial charge < -0.3 is 10.0 Å². The SMILES string of the molecule is CC(C)SCC(=O)N1CCCC(CCO)C1. The smallest absolute Gasteiger partial charge is 0.232 e. The van der Waals surface area contributed by atoms with Gasteiger partial charge in [0.25, 0.3) is 0 Å². The molecule has 1 unspecified atom stereocenters. The largest absolute Gasteiger partial charge is 0.396 e. The van der Waals surface area contributed by atoms with Gasteiger partial charge in [0.1, 0.15) is 0 Å². The summed E-state index contributed by atoms with van der Waals surface area (Å²) in [6.07, 6.45) is 3.07. The van der Waals surface area contributed by atoms with Crippen LogP contribution in [-0.2, 0) is 4.79 Å². The standard InChI is InChI=1S/C12H23NO2S/c1-10(2)16-9-12(15)13-6-3-4-11(8-13)5-7-14/h10-11,14H,3-9H2,1-2H3. The molecule has 1 atom stereocenters. The Bertz CT molecular complexity index is 219. The molecule has 1 N–H and O–H groups in total. The molecule has 1 fully saturated rings. The van der Waals surface area contributed by atoms with E-state index in [1.165, 1.54) is 0 Å². The van der Waals surface area contributed by atoms with Crippen molar-refractivity contribution in [3.63, 3.8) is 0 Å². The summed E-state index contributed by atoms with van der Waals surface area (Å²) < 4.78 is 0. The van der Waals surface area contributed by atoms with Crippen molar-refractivity contribution < 1.29 is 9.90 Å². The molecule has 0 bridgehead atoms. The van der Waals surface area contributed by atoms with Crippen LogP contribution >= 0.6 is 11.8 Å². The Balaban J connectivity index is 2.32. The first-order valence-corrected chi connectivity index (χ1v) is 7.18. The Morgan fingerprint density at radius 3 is 2.94 bits per heavy atom. The second kappa shape index (κ2) is 7.17. The molecule has 3 nitrogen and oxygen atoms in total. The van der Waals surface area contributed by atoms with Crippen LogP contribution in [0, 0.1) is 5.92 Å². The van der Waals surface area contributed by atoms with E-state index in [0.717, 1.165) is 32.4 Å². The van der Waals surface area contributed by atoms with Gasteiger partial charge >= 0.3 is 0 Å². The fourth-order valence-corrected chi connectivity index (χ4v) is 2.70. The number of rotatable bonds is 5. The summed E-state index contributed by atoms with van der Waals surface area (Å²) in [6, 6.07) is 0. The van der Waals surface area contributed by atoms with Crippen molar-refractivity contribution in [2.75, 3.05) is 25.4 Å². The predicted molar refractivity (Wildman–Crippen MR) is 68.6 cm³/mol. The van der Waals surface area contributed by atoms with E-state index in [4.69, 9.17) is 5.11 Å². The summed E-state index contributed by atoms with van der Waals surface area (Å²) in [7, 11) is 0. The molecule has 0 aliphatic carbocycles. The van der Waals surface area contributed by atoms with Crippen LogP contribution < -0.4 is 0 Å².